The van der Waals surface area contributed by atoms with Crippen molar-refractivity contribution in [2.45, 2.75) is 50.5 Å². The molecule has 1 saturated carbocycles. The lowest BCUT2D eigenvalue weighted by atomic mass is 9.71. The molecule has 0 radical (unpaired) electrons. The van der Waals surface area contributed by atoms with Gasteiger partial charge in [0.1, 0.15) is 0 Å². The van der Waals surface area contributed by atoms with E-state index in [1.54, 1.807) is 0 Å². The van der Waals surface area contributed by atoms with E-state index in [4.69, 9.17) is 11.6 Å². The summed E-state index contributed by atoms with van der Waals surface area (Å²) in [6.45, 7) is 1.46. The minimum absolute atomic E-state index is 0.207. The smallest absolute Gasteiger partial charge is 0.222 e. The normalized spacial score (nSPS) is 33.3. The minimum Gasteiger partial charge on any atom is -0.389 e. The van der Waals surface area contributed by atoms with Crippen LogP contribution in [-0.2, 0) is 4.79 Å². The van der Waals surface area contributed by atoms with Crippen molar-refractivity contribution in [1.82, 2.24) is 4.90 Å². The zero-order valence-electron chi connectivity index (χ0n) is 10.3. The van der Waals surface area contributed by atoms with E-state index < -0.39 is 5.60 Å². The first-order valence-corrected chi connectivity index (χ1v) is 7.25. The van der Waals surface area contributed by atoms with Crippen LogP contribution in [0.15, 0.2) is 0 Å². The van der Waals surface area contributed by atoms with Crippen molar-refractivity contribution >= 4 is 17.5 Å². The summed E-state index contributed by atoms with van der Waals surface area (Å²) in [5, 5.41) is 10.5. The summed E-state index contributed by atoms with van der Waals surface area (Å²) in [6, 6.07) is 0. The molecule has 1 heterocycles. The molecule has 0 aromatic heterocycles. The second kappa shape index (κ2) is 5.57. The van der Waals surface area contributed by atoms with Crippen LogP contribution in [0.2, 0.25) is 0 Å². The fraction of sp³-hybridized carbons (Fsp3) is 0.923. The molecule has 2 atom stereocenters. The van der Waals surface area contributed by atoms with Crippen LogP contribution >= 0.6 is 11.6 Å². The number of hydrogen-bond donors (Lipinski definition) is 1. The summed E-state index contributed by atoms with van der Waals surface area (Å²) in [6.07, 6.45) is 6.37. The molecule has 3 nitrogen and oxygen atoms in total. The van der Waals surface area contributed by atoms with Gasteiger partial charge in [-0.3, -0.25) is 4.79 Å². The average molecular weight is 260 g/mol. The summed E-state index contributed by atoms with van der Waals surface area (Å²) in [5.41, 5.74) is -0.485. The quantitative estimate of drug-likeness (QED) is 0.789. The van der Waals surface area contributed by atoms with Crippen LogP contribution < -0.4 is 0 Å². The van der Waals surface area contributed by atoms with Gasteiger partial charge in [0.05, 0.1) is 5.60 Å². The molecule has 1 N–H and O–H groups in total. The van der Waals surface area contributed by atoms with E-state index >= 15 is 0 Å². The van der Waals surface area contributed by atoms with Crippen molar-refractivity contribution < 1.29 is 9.90 Å². The molecule has 98 valence electrons. The van der Waals surface area contributed by atoms with Crippen LogP contribution in [-0.4, -0.2) is 40.5 Å². The van der Waals surface area contributed by atoms with Crippen molar-refractivity contribution in [1.29, 1.82) is 0 Å². The van der Waals surface area contributed by atoms with E-state index in [1.807, 2.05) is 4.90 Å². The lowest BCUT2D eigenvalue weighted by Gasteiger charge is -2.47. The molecule has 17 heavy (non-hydrogen) atoms. The number of rotatable bonds is 3. The van der Waals surface area contributed by atoms with E-state index in [1.165, 1.54) is 6.42 Å². The van der Waals surface area contributed by atoms with E-state index in [2.05, 4.69) is 0 Å². The first kappa shape index (κ1) is 13.2. The van der Waals surface area contributed by atoms with Gasteiger partial charge in [-0.05, 0) is 25.7 Å². The summed E-state index contributed by atoms with van der Waals surface area (Å²) in [4.78, 5) is 13.8. The first-order chi connectivity index (χ1) is 8.15. The number of alkyl halides is 1. The third-order valence-electron chi connectivity index (χ3n) is 4.30. The third kappa shape index (κ3) is 2.94. The fourth-order valence-corrected chi connectivity index (χ4v) is 3.31. The van der Waals surface area contributed by atoms with Gasteiger partial charge in [-0.2, -0.15) is 0 Å². The second-order valence-electron chi connectivity index (χ2n) is 5.43. The molecule has 1 amide bonds. The zero-order valence-corrected chi connectivity index (χ0v) is 11.1. The number of hydrogen-bond acceptors (Lipinski definition) is 2. The molecule has 1 aliphatic heterocycles. The standard InChI is InChI=1S/C13H22ClNO2/c14-8-3-5-12(16)15-9-7-13(17)6-2-1-4-11(13)10-15/h11,17H,1-10H2. The van der Waals surface area contributed by atoms with Gasteiger partial charge < -0.3 is 10.0 Å². The molecule has 0 spiro atoms. The molecule has 2 aliphatic rings. The van der Waals surface area contributed by atoms with Crippen LogP contribution in [0, 0.1) is 5.92 Å². The van der Waals surface area contributed by atoms with Gasteiger partial charge in [-0.1, -0.05) is 12.8 Å². The van der Waals surface area contributed by atoms with Crippen LogP contribution in [0.5, 0.6) is 0 Å². The molecular formula is C13H22ClNO2. The number of likely N-dealkylation sites (tertiary alicyclic amines) is 1. The molecule has 0 aromatic carbocycles. The molecule has 2 unspecified atom stereocenters. The Labute approximate surface area is 108 Å². The first-order valence-electron chi connectivity index (χ1n) is 6.72. The predicted octanol–water partition coefficient (Wildman–Crippen LogP) is 2.16. The largest absolute Gasteiger partial charge is 0.389 e. The van der Waals surface area contributed by atoms with Gasteiger partial charge in [0.25, 0.3) is 0 Å². The highest BCUT2D eigenvalue weighted by atomic mass is 35.5. The Kier molecular flexibility index (Phi) is 4.31. The molecule has 0 bridgehead atoms. The number of fused-ring (bicyclic) bond motifs is 1. The van der Waals surface area contributed by atoms with Crippen molar-refractivity contribution in [2.24, 2.45) is 5.92 Å². The third-order valence-corrected chi connectivity index (χ3v) is 4.57. The minimum atomic E-state index is -0.485. The van der Waals surface area contributed by atoms with E-state index in [9.17, 15) is 9.90 Å². The van der Waals surface area contributed by atoms with Crippen LogP contribution in [0.4, 0.5) is 0 Å². The molecule has 2 fully saturated rings. The fourth-order valence-electron chi connectivity index (χ4n) is 3.17. The van der Waals surface area contributed by atoms with Crippen molar-refractivity contribution in [3.8, 4) is 0 Å². The van der Waals surface area contributed by atoms with Crippen molar-refractivity contribution in [3.63, 3.8) is 0 Å². The maximum Gasteiger partial charge on any atom is 0.222 e. The van der Waals surface area contributed by atoms with Gasteiger partial charge in [0, 0.05) is 31.3 Å². The van der Waals surface area contributed by atoms with E-state index in [0.717, 1.165) is 38.6 Å². The zero-order chi connectivity index (χ0) is 12.3. The van der Waals surface area contributed by atoms with Gasteiger partial charge in [-0.25, -0.2) is 0 Å². The average Bonchev–Trinajstić information content (AvgIpc) is 2.34. The number of aliphatic hydroxyl groups is 1. The second-order valence-corrected chi connectivity index (χ2v) is 5.81. The number of amides is 1. The molecule has 2 rings (SSSR count). The predicted molar refractivity (Wildman–Crippen MR) is 68.1 cm³/mol. The van der Waals surface area contributed by atoms with Gasteiger partial charge in [0.15, 0.2) is 0 Å². The van der Waals surface area contributed by atoms with E-state index in [0.29, 0.717) is 24.8 Å². The Balaban J connectivity index is 1.90. The van der Waals surface area contributed by atoms with Crippen molar-refractivity contribution in [3.05, 3.63) is 0 Å². The maximum absolute atomic E-state index is 11.9. The monoisotopic (exact) mass is 259 g/mol. The maximum atomic E-state index is 11.9. The van der Waals surface area contributed by atoms with Gasteiger partial charge in [-0.15, -0.1) is 11.6 Å². The molecule has 0 aromatic rings. The number of piperidine rings is 1. The number of nitrogens with zero attached hydrogens (tertiary/aromatic N) is 1. The summed E-state index contributed by atoms with van der Waals surface area (Å²) in [7, 11) is 0. The SMILES string of the molecule is O=C(CCCCl)N1CCC2(O)CCCCC2C1. The van der Waals surface area contributed by atoms with Gasteiger partial charge >= 0.3 is 0 Å². The lowest BCUT2D eigenvalue weighted by Crippen LogP contribution is -2.54. The number of carbonyl (C=O) groups is 1. The van der Waals surface area contributed by atoms with Crippen molar-refractivity contribution in [2.75, 3.05) is 19.0 Å². The summed E-state index contributed by atoms with van der Waals surface area (Å²) < 4.78 is 0. The van der Waals surface area contributed by atoms with Crippen LogP contribution in [0.3, 0.4) is 0 Å². The molecule has 1 saturated heterocycles. The van der Waals surface area contributed by atoms with Gasteiger partial charge in [0.2, 0.25) is 5.91 Å². The number of carbonyl (C=O) groups excluding carboxylic acids is 1. The lowest BCUT2D eigenvalue weighted by molar-refractivity contribution is -0.143. The topological polar surface area (TPSA) is 40.5 Å². The Morgan fingerprint density at radius 1 is 1.41 bits per heavy atom. The van der Waals surface area contributed by atoms with Crippen LogP contribution in [0.1, 0.15) is 44.9 Å². The Bertz CT molecular complexity index is 285. The highest BCUT2D eigenvalue weighted by Crippen LogP contribution is 2.39. The van der Waals surface area contributed by atoms with Crippen LogP contribution in [0.25, 0.3) is 0 Å². The summed E-state index contributed by atoms with van der Waals surface area (Å²) >= 11 is 5.61. The number of halogens is 1. The van der Waals surface area contributed by atoms with E-state index in [-0.39, 0.29) is 5.91 Å². The highest BCUT2D eigenvalue weighted by Gasteiger charge is 2.43. The Morgan fingerprint density at radius 3 is 3.00 bits per heavy atom. The highest BCUT2D eigenvalue weighted by molar-refractivity contribution is 6.17. The molecule has 4 heteroatoms. The summed E-state index contributed by atoms with van der Waals surface area (Å²) in [5.74, 6) is 1.05. The Hall–Kier alpha value is -0.280. The molecular weight excluding hydrogens is 238 g/mol. The Morgan fingerprint density at radius 2 is 2.24 bits per heavy atom. The molecule has 1 aliphatic carbocycles.